The van der Waals surface area contributed by atoms with Crippen LogP contribution in [0, 0.1) is 0 Å². The van der Waals surface area contributed by atoms with Crippen molar-refractivity contribution in [2.24, 2.45) is 0 Å². The van der Waals surface area contributed by atoms with Crippen LogP contribution in [-0.2, 0) is 6.54 Å². The van der Waals surface area contributed by atoms with Gasteiger partial charge >= 0.3 is 0 Å². The van der Waals surface area contributed by atoms with Gasteiger partial charge in [0.1, 0.15) is 5.75 Å². The maximum absolute atomic E-state index is 9.85. The van der Waals surface area contributed by atoms with Gasteiger partial charge in [-0.15, -0.1) is 0 Å². The lowest BCUT2D eigenvalue weighted by molar-refractivity contribution is 0.0528. The van der Waals surface area contributed by atoms with Crippen molar-refractivity contribution in [3.8, 4) is 5.75 Å². The van der Waals surface area contributed by atoms with Crippen molar-refractivity contribution in [1.29, 1.82) is 0 Å². The molecule has 1 aromatic rings. The van der Waals surface area contributed by atoms with Crippen molar-refractivity contribution < 1.29 is 9.84 Å². The fourth-order valence-electron chi connectivity index (χ4n) is 3.68. The molecule has 0 amide bonds. The molecular formula is C18H28N2O2. The Morgan fingerprint density at radius 1 is 1.18 bits per heavy atom. The van der Waals surface area contributed by atoms with Gasteiger partial charge in [0, 0.05) is 38.3 Å². The summed E-state index contributed by atoms with van der Waals surface area (Å²) in [6.45, 7) is 10.3. The Hall–Kier alpha value is -1.10. The molecule has 1 aromatic carbocycles. The van der Waals surface area contributed by atoms with E-state index in [2.05, 4.69) is 41.0 Å². The molecule has 0 aliphatic carbocycles. The highest BCUT2D eigenvalue weighted by Gasteiger charge is 2.37. The number of rotatable bonds is 4. The highest BCUT2D eigenvalue weighted by Crippen LogP contribution is 2.26. The van der Waals surface area contributed by atoms with Crippen LogP contribution in [0.2, 0.25) is 0 Å². The molecule has 4 nitrogen and oxygen atoms in total. The van der Waals surface area contributed by atoms with Gasteiger partial charge in [0.15, 0.2) is 0 Å². The minimum absolute atomic E-state index is 0.135. The molecule has 2 aliphatic rings. The first kappa shape index (κ1) is 15.8. The molecule has 122 valence electrons. The summed E-state index contributed by atoms with van der Waals surface area (Å²) in [7, 11) is 0. The van der Waals surface area contributed by atoms with Gasteiger partial charge in [0.25, 0.3) is 0 Å². The predicted molar refractivity (Wildman–Crippen MR) is 88.1 cm³/mol. The quantitative estimate of drug-likeness (QED) is 0.924. The Balaban J connectivity index is 1.60. The Morgan fingerprint density at radius 2 is 1.91 bits per heavy atom. The zero-order chi connectivity index (χ0) is 15.7. The van der Waals surface area contributed by atoms with E-state index < -0.39 is 0 Å². The van der Waals surface area contributed by atoms with Gasteiger partial charge in [-0.25, -0.2) is 0 Å². The van der Waals surface area contributed by atoms with Crippen molar-refractivity contribution in [3.05, 3.63) is 29.8 Å². The van der Waals surface area contributed by atoms with E-state index in [0.717, 1.165) is 38.3 Å². The van der Waals surface area contributed by atoms with E-state index in [-0.39, 0.29) is 12.2 Å². The summed E-state index contributed by atoms with van der Waals surface area (Å²) in [6, 6.07) is 9.52. The van der Waals surface area contributed by atoms with Gasteiger partial charge in [-0.05, 0) is 44.9 Å². The largest absolute Gasteiger partial charge is 0.491 e. The van der Waals surface area contributed by atoms with Crippen molar-refractivity contribution in [2.45, 2.75) is 58.0 Å². The molecule has 3 atom stereocenters. The first-order chi connectivity index (χ1) is 10.5. The molecule has 4 heteroatoms. The van der Waals surface area contributed by atoms with Crippen LogP contribution in [0.5, 0.6) is 5.75 Å². The second-order valence-electron chi connectivity index (χ2n) is 7.09. The van der Waals surface area contributed by atoms with Crippen LogP contribution in [0.25, 0.3) is 0 Å². The van der Waals surface area contributed by atoms with E-state index in [9.17, 15) is 5.11 Å². The number of aliphatic hydroxyl groups is 1. The average molecular weight is 304 g/mol. The van der Waals surface area contributed by atoms with Crippen LogP contribution < -0.4 is 4.74 Å². The third-order valence-corrected chi connectivity index (χ3v) is 4.75. The van der Waals surface area contributed by atoms with Crippen LogP contribution >= 0.6 is 0 Å². The summed E-state index contributed by atoms with van der Waals surface area (Å²) in [5.41, 5.74) is 1.33. The molecule has 22 heavy (non-hydrogen) atoms. The highest BCUT2D eigenvalue weighted by atomic mass is 16.5. The SMILES string of the molecule is CC(C)Oc1ccc(CN2CC3C[C@@H](O)CN3C[C@@H]2C)cc1. The van der Waals surface area contributed by atoms with Gasteiger partial charge in [0.2, 0.25) is 0 Å². The molecule has 0 bridgehead atoms. The molecule has 2 heterocycles. The van der Waals surface area contributed by atoms with E-state index in [0.29, 0.717) is 12.1 Å². The monoisotopic (exact) mass is 304 g/mol. The second kappa shape index (κ2) is 6.57. The van der Waals surface area contributed by atoms with Crippen LogP contribution in [0.3, 0.4) is 0 Å². The van der Waals surface area contributed by atoms with E-state index in [1.807, 2.05) is 13.8 Å². The number of benzene rings is 1. The summed E-state index contributed by atoms with van der Waals surface area (Å²) >= 11 is 0. The van der Waals surface area contributed by atoms with E-state index in [1.165, 1.54) is 5.56 Å². The minimum Gasteiger partial charge on any atom is -0.491 e. The Morgan fingerprint density at radius 3 is 2.59 bits per heavy atom. The molecule has 2 aliphatic heterocycles. The molecular weight excluding hydrogens is 276 g/mol. The summed E-state index contributed by atoms with van der Waals surface area (Å²) in [5.74, 6) is 0.940. The summed E-state index contributed by atoms with van der Waals surface area (Å²) in [5, 5.41) is 9.85. The first-order valence-electron chi connectivity index (χ1n) is 8.43. The van der Waals surface area contributed by atoms with Gasteiger partial charge in [-0.3, -0.25) is 9.80 Å². The number of aliphatic hydroxyl groups excluding tert-OH is 1. The standard InChI is InChI=1S/C18H28N2O2/c1-13(2)22-18-6-4-15(5-7-18)10-19-11-16-8-17(21)12-20(16)9-14(19)3/h4-7,13-14,16-17,21H,8-12H2,1-3H3/t14-,16?,17+/m0/s1. The van der Waals surface area contributed by atoms with Crippen molar-refractivity contribution in [1.82, 2.24) is 9.80 Å². The Labute approximate surface area is 133 Å². The van der Waals surface area contributed by atoms with Gasteiger partial charge in [-0.2, -0.15) is 0 Å². The number of ether oxygens (including phenoxy) is 1. The number of hydrogen-bond donors (Lipinski definition) is 1. The highest BCUT2D eigenvalue weighted by molar-refractivity contribution is 5.27. The molecule has 3 rings (SSSR count). The molecule has 0 aromatic heterocycles. The normalized spacial score (nSPS) is 29.8. The topological polar surface area (TPSA) is 35.9 Å². The summed E-state index contributed by atoms with van der Waals surface area (Å²) in [4.78, 5) is 4.99. The van der Waals surface area contributed by atoms with Crippen molar-refractivity contribution in [2.75, 3.05) is 19.6 Å². The van der Waals surface area contributed by atoms with Crippen LogP contribution in [0.1, 0.15) is 32.8 Å². The molecule has 2 fully saturated rings. The number of piperazine rings is 1. The number of fused-ring (bicyclic) bond motifs is 1. The maximum Gasteiger partial charge on any atom is 0.119 e. The van der Waals surface area contributed by atoms with Crippen molar-refractivity contribution in [3.63, 3.8) is 0 Å². The second-order valence-corrected chi connectivity index (χ2v) is 7.09. The average Bonchev–Trinajstić information content (AvgIpc) is 2.80. The van der Waals surface area contributed by atoms with Gasteiger partial charge < -0.3 is 9.84 Å². The third kappa shape index (κ3) is 3.62. The minimum atomic E-state index is -0.135. The smallest absolute Gasteiger partial charge is 0.119 e. The molecule has 0 saturated carbocycles. The molecule has 0 radical (unpaired) electrons. The van der Waals surface area contributed by atoms with Crippen molar-refractivity contribution >= 4 is 0 Å². The fourth-order valence-corrected chi connectivity index (χ4v) is 3.68. The maximum atomic E-state index is 9.85. The number of nitrogens with zero attached hydrogens (tertiary/aromatic N) is 2. The zero-order valence-electron chi connectivity index (χ0n) is 13.9. The van der Waals surface area contributed by atoms with Crippen LogP contribution in [-0.4, -0.2) is 58.8 Å². The van der Waals surface area contributed by atoms with E-state index >= 15 is 0 Å². The molecule has 0 spiro atoms. The third-order valence-electron chi connectivity index (χ3n) is 4.75. The number of hydrogen-bond acceptors (Lipinski definition) is 4. The van der Waals surface area contributed by atoms with E-state index in [4.69, 9.17) is 4.74 Å². The molecule has 1 unspecified atom stereocenters. The molecule has 2 saturated heterocycles. The van der Waals surface area contributed by atoms with Gasteiger partial charge in [-0.1, -0.05) is 12.1 Å². The Kier molecular flexibility index (Phi) is 4.71. The predicted octanol–water partition coefficient (Wildman–Crippen LogP) is 2.11. The van der Waals surface area contributed by atoms with Crippen LogP contribution in [0.4, 0.5) is 0 Å². The summed E-state index contributed by atoms with van der Waals surface area (Å²) in [6.07, 6.45) is 1.00. The lowest BCUT2D eigenvalue weighted by Crippen LogP contribution is -2.54. The fraction of sp³-hybridized carbons (Fsp3) is 0.667. The van der Waals surface area contributed by atoms with Gasteiger partial charge in [0.05, 0.1) is 12.2 Å². The zero-order valence-corrected chi connectivity index (χ0v) is 13.9. The van der Waals surface area contributed by atoms with E-state index in [1.54, 1.807) is 0 Å². The molecule has 1 N–H and O–H groups in total. The Bertz CT molecular complexity index is 488. The first-order valence-corrected chi connectivity index (χ1v) is 8.43. The lowest BCUT2D eigenvalue weighted by atomic mass is 10.1. The lowest BCUT2D eigenvalue weighted by Gasteiger charge is -2.42. The summed E-state index contributed by atoms with van der Waals surface area (Å²) < 4.78 is 5.70. The van der Waals surface area contributed by atoms with Crippen LogP contribution in [0.15, 0.2) is 24.3 Å².